The van der Waals surface area contributed by atoms with Crippen LogP contribution in [-0.2, 0) is 6.18 Å². The molecule has 0 spiro atoms. The third-order valence-corrected chi connectivity index (χ3v) is 2.23. The summed E-state index contributed by atoms with van der Waals surface area (Å²) in [5, 5.41) is 9.16. The van der Waals surface area contributed by atoms with Crippen LogP contribution in [0.3, 0.4) is 0 Å². The molecule has 0 atom stereocenters. The third-order valence-electron chi connectivity index (χ3n) is 1.59. The van der Waals surface area contributed by atoms with Crippen molar-refractivity contribution in [3.8, 4) is 5.75 Å². The van der Waals surface area contributed by atoms with Crippen LogP contribution in [-0.4, -0.2) is 11.4 Å². The van der Waals surface area contributed by atoms with Crippen molar-refractivity contribution < 1.29 is 23.1 Å². The van der Waals surface area contributed by atoms with E-state index in [1.54, 1.807) is 0 Å². The lowest BCUT2D eigenvalue weighted by Crippen LogP contribution is -2.08. The van der Waals surface area contributed by atoms with Gasteiger partial charge in [-0.1, -0.05) is 0 Å². The van der Waals surface area contributed by atoms with Crippen molar-refractivity contribution in [2.45, 2.75) is 6.18 Å². The van der Waals surface area contributed by atoms with Crippen LogP contribution in [0.1, 0.15) is 15.9 Å². The van der Waals surface area contributed by atoms with Crippen molar-refractivity contribution in [2.75, 3.05) is 0 Å². The maximum atomic E-state index is 12.3. The zero-order chi connectivity index (χ0) is 10.9. The molecule has 0 amide bonds. The topological polar surface area (TPSA) is 37.3 Å². The predicted octanol–water partition coefficient (Wildman–Crippen LogP) is 2.99. The highest BCUT2D eigenvalue weighted by atomic mass is 79.9. The van der Waals surface area contributed by atoms with Gasteiger partial charge in [-0.25, -0.2) is 0 Å². The lowest BCUT2D eigenvalue weighted by molar-refractivity contribution is -0.138. The Labute approximate surface area is 85.5 Å². The summed E-state index contributed by atoms with van der Waals surface area (Å²) in [6, 6.07) is 1.76. The van der Waals surface area contributed by atoms with Gasteiger partial charge in [0.2, 0.25) is 0 Å². The van der Waals surface area contributed by atoms with E-state index in [0.717, 1.165) is 12.1 Å². The number of halogens is 4. The van der Waals surface area contributed by atoms with Crippen molar-refractivity contribution in [1.82, 2.24) is 0 Å². The minimum Gasteiger partial charge on any atom is -0.506 e. The van der Waals surface area contributed by atoms with Crippen molar-refractivity contribution in [2.24, 2.45) is 0 Å². The summed E-state index contributed by atoms with van der Waals surface area (Å²) in [5.41, 5.74) is -1.90. The molecule has 0 unspecified atom stereocenters. The van der Waals surface area contributed by atoms with Crippen LogP contribution in [0.4, 0.5) is 13.2 Å². The molecule has 1 rings (SSSR count). The molecule has 0 bridgehead atoms. The Balaban J connectivity index is 3.47. The molecule has 0 aliphatic carbocycles. The van der Waals surface area contributed by atoms with Crippen molar-refractivity contribution in [3.63, 3.8) is 0 Å². The van der Waals surface area contributed by atoms with Gasteiger partial charge in [0, 0.05) is 0 Å². The number of benzene rings is 1. The number of hydrogen-bond donors (Lipinski definition) is 1. The first kappa shape index (κ1) is 11.0. The van der Waals surface area contributed by atoms with E-state index >= 15 is 0 Å². The van der Waals surface area contributed by atoms with Crippen LogP contribution in [0.15, 0.2) is 16.6 Å². The number of carbonyl (C=O) groups is 1. The highest BCUT2D eigenvalue weighted by molar-refractivity contribution is 9.10. The predicted molar refractivity (Wildman–Crippen MR) is 46.2 cm³/mol. The average Bonchev–Trinajstić information content (AvgIpc) is 2.07. The summed E-state index contributed by atoms with van der Waals surface area (Å²) in [6.45, 7) is 0. The van der Waals surface area contributed by atoms with Crippen LogP contribution in [0.5, 0.6) is 5.75 Å². The molecule has 6 heteroatoms. The fraction of sp³-hybridized carbons (Fsp3) is 0.125. The van der Waals surface area contributed by atoms with Crippen LogP contribution in [0.2, 0.25) is 0 Å². The minimum absolute atomic E-state index is 0.0249. The quantitative estimate of drug-likeness (QED) is 0.796. The highest BCUT2D eigenvalue weighted by Gasteiger charge is 2.34. The molecule has 76 valence electrons. The molecule has 0 heterocycles. The Kier molecular flexibility index (Phi) is 2.84. The number of rotatable bonds is 1. The van der Waals surface area contributed by atoms with Gasteiger partial charge in [-0.3, -0.25) is 4.79 Å². The SMILES string of the molecule is O=Cc1c(C(F)(F)F)ccc(Br)c1O. The lowest BCUT2D eigenvalue weighted by atomic mass is 10.1. The van der Waals surface area contributed by atoms with E-state index in [9.17, 15) is 18.0 Å². The number of aldehydes is 1. The van der Waals surface area contributed by atoms with Gasteiger partial charge in [0.05, 0.1) is 15.6 Å². The number of alkyl halides is 3. The molecule has 1 N–H and O–H groups in total. The van der Waals surface area contributed by atoms with E-state index < -0.39 is 23.1 Å². The average molecular weight is 269 g/mol. The van der Waals surface area contributed by atoms with E-state index in [1.165, 1.54) is 0 Å². The van der Waals surface area contributed by atoms with E-state index in [-0.39, 0.29) is 10.8 Å². The molecule has 0 fully saturated rings. The zero-order valence-electron chi connectivity index (χ0n) is 6.60. The highest BCUT2D eigenvalue weighted by Crippen LogP contribution is 2.37. The van der Waals surface area contributed by atoms with E-state index in [0.29, 0.717) is 0 Å². The molecule has 0 aliphatic heterocycles. The monoisotopic (exact) mass is 268 g/mol. The Morgan fingerprint density at radius 1 is 1.36 bits per heavy atom. The van der Waals surface area contributed by atoms with Crippen LogP contribution < -0.4 is 0 Å². The fourth-order valence-corrected chi connectivity index (χ4v) is 1.29. The maximum Gasteiger partial charge on any atom is 0.417 e. The molecule has 0 aromatic heterocycles. The summed E-state index contributed by atoms with van der Waals surface area (Å²) in [6.07, 6.45) is -4.67. The molecule has 0 saturated heterocycles. The van der Waals surface area contributed by atoms with Crippen molar-refractivity contribution >= 4 is 22.2 Å². The van der Waals surface area contributed by atoms with Gasteiger partial charge < -0.3 is 5.11 Å². The Morgan fingerprint density at radius 2 is 1.93 bits per heavy atom. The summed E-state index contributed by atoms with van der Waals surface area (Å²) >= 11 is 2.81. The standard InChI is InChI=1S/C8H4BrF3O2/c9-6-2-1-5(8(10,11)12)4(3-13)7(6)14/h1-3,14H. The summed E-state index contributed by atoms with van der Waals surface area (Å²) in [4.78, 5) is 10.4. The van der Waals surface area contributed by atoms with Gasteiger partial charge in [0.25, 0.3) is 0 Å². The van der Waals surface area contributed by atoms with E-state index in [4.69, 9.17) is 5.11 Å². The van der Waals surface area contributed by atoms with Crippen molar-refractivity contribution in [3.05, 3.63) is 27.7 Å². The molecule has 14 heavy (non-hydrogen) atoms. The molecule has 0 saturated carbocycles. The molecule has 1 aromatic rings. The molecular weight excluding hydrogens is 265 g/mol. The first-order chi connectivity index (χ1) is 6.38. The molecule has 0 aliphatic rings. The maximum absolute atomic E-state index is 12.3. The Bertz CT molecular complexity index is 374. The first-order valence-electron chi connectivity index (χ1n) is 3.41. The largest absolute Gasteiger partial charge is 0.506 e. The number of carbonyl (C=O) groups excluding carboxylic acids is 1. The van der Waals surface area contributed by atoms with E-state index in [1.807, 2.05) is 0 Å². The smallest absolute Gasteiger partial charge is 0.417 e. The lowest BCUT2D eigenvalue weighted by Gasteiger charge is -2.10. The number of hydrogen-bond acceptors (Lipinski definition) is 2. The molecular formula is C8H4BrF3O2. The van der Waals surface area contributed by atoms with Gasteiger partial charge in [-0.05, 0) is 28.1 Å². The normalized spacial score (nSPS) is 11.4. The van der Waals surface area contributed by atoms with Crippen LogP contribution >= 0.6 is 15.9 Å². The number of phenolic OH excluding ortho intramolecular Hbond substituents is 1. The number of phenols is 1. The molecule has 1 aromatic carbocycles. The second kappa shape index (κ2) is 3.61. The number of aromatic hydroxyl groups is 1. The van der Waals surface area contributed by atoms with Gasteiger partial charge in [-0.15, -0.1) is 0 Å². The minimum atomic E-state index is -4.64. The Morgan fingerprint density at radius 3 is 2.36 bits per heavy atom. The molecule has 0 radical (unpaired) electrons. The van der Waals surface area contributed by atoms with Gasteiger partial charge in [0.15, 0.2) is 6.29 Å². The van der Waals surface area contributed by atoms with Gasteiger partial charge in [-0.2, -0.15) is 13.2 Å². The van der Waals surface area contributed by atoms with Crippen molar-refractivity contribution in [1.29, 1.82) is 0 Å². The van der Waals surface area contributed by atoms with Gasteiger partial charge in [0.1, 0.15) is 5.75 Å². The van der Waals surface area contributed by atoms with Gasteiger partial charge >= 0.3 is 6.18 Å². The summed E-state index contributed by atoms with van der Waals surface area (Å²) in [5.74, 6) is -0.699. The summed E-state index contributed by atoms with van der Waals surface area (Å²) in [7, 11) is 0. The molecule has 2 nitrogen and oxygen atoms in total. The van der Waals surface area contributed by atoms with E-state index in [2.05, 4.69) is 15.9 Å². The summed E-state index contributed by atoms with van der Waals surface area (Å²) < 4.78 is 36.8. The Hall–Kier alpha value is -1.04. The zero-order valence-corrected chi connectivity index (χ0v) is 8.19. The van der Waals surface area contributed by atoms with Crippen LogP contribution in [0.25, 0.3) is 0 Å². The van der Waals surface area contributed by atoms with Crippen LogP contribution in [0, 0.1) is 0 Å². The second-order valence-electron chi connectivity index (χ2n) is 2.47. The third kappa shape index (κ3) is 1.89. The first-order valence-corrected chi connectivity index (χ1v) is 4.21. The fourth-order valence-electron chi connectivity index (χ4n) is 0.948. The second-order valence-corrected chi connectivity index (χ2v) is 3.33.